The summed E-state index contributed by atoms with van der Waals surface area (Å²) in [4.78, 5) is 2.17. The van der Waals surface area contributed by atoms with Gasteiger partial charge in [0.15, 0.2) is 0 Å². The molecule has 5 heteroatoms. The lowest BCUT2D eigenvalue weighted by atomic mass is 10.1. The van der Waals surface area contributed by atoms with Crippen molar-refractivity contribution in [1.29, 1.82) is 5.26 Å². The second-order valence-corrected chi connectivity index (χ2v) is 6.18. The van der Waals surface area contributed by atoms with Gasteiger partial charge in [-0.2, -0.15) is 5.26 Å². The summed E-state index contributed by atoms with van der Waals surface area (Å²) in [5, 5.41) is 9.15. The molecule has 0 aromatic heterocycles. The molecule has 1 saturated carbocycles. The Kier molecular flexibility index (Phi) is 4.52. The van der Waals surface area contributed by atoms with Gasteiger partial charge in [0.05, 0.1) is 30.9 Å². The molecule has 0 spiro atoms. The van der Waals surface area contributed by atoms with Crippen LogP contribution < -0.4 is 4.74 Å². The number of nitrogens with zero attached hydrogens (tertiary/aromatic N) is 2. The Morgan fingerprint density at radius 3 is 2.70 bits per heavy atom. The van der Waals surface area contributed by atoms with Crippen molar-refractivity contribution in [3.63, 3.8) is 0 Å². The lowest BCUT2D eigenvalue weighted by Crippen LogP contribution is -2.36. The van der Waals surface area contributed by atoms with E-state index in [-0.39, 0.29) is 16.7 Å². The maximum absolute atomic E-state index is 14.1. The lowest BCUT2D eigenvalue weighted by molar-refractivity contribution is 0.0443. The Hall–Kier alpha value is -2.08. The topological polar surface area (TPSA) is 45.5 Å². The maximum Gasteiger partial charge on any atom is 0.140 e. The molecular formula is C18H19FN2O2. The minimum absolute atomic E-state index is 0.217. The highest BCUT2D eigenvalue weighted by molar-refractivity contribution is 5.51. The molecule has 0 radical (unpaired) electrons. The van der Waals surface area contributed by atoms with Gasteiger partial charge in [-0.3, -0.25) is 4.90 Å². The van der Waals surface area contributed by atoms with E-state index < -0.39 is 5.82 Å². The van der Waals surface area contributed by atoms with Gasteiger partial charge in [0.1, 0.15) is 23.2 Å². The highest BCUT2D eigenvalue weighted by atomic mass is 19.1. The average molecular weight is 314 g/mol. The number of rotatable bonds is 3. The second kappa shape index (κ2) is 6.58. The zero-order valence-electron chi connectivity index (χ0n) is 13.2. The van der Waals surface area contributed by atoms with Crippen molar-refractivity contribution in [2.75, 3.05) is 32.8 Å². The number of nitriles is 1. The quantitative estimate of drug-likeness (QED) is 0.803. The van der Waals surface area contributed by atoms with Gasteiger partial charge < -0.3 is 9.47 Å². The van der Waals surface area contributed by atoms with Crippen LogP contribution in [0.15, 0.2) is 12.1 Å². The predicted octanol–water partition coefficient (Wildman–Crippen LogP) is 2.31. The molecule has 1 aromatic rings. The smallest absolute Gasteiger partial charge is 0.140 e. The summed E-state index contributed by atoms with van der Waals surface area (Å²) in [6.45, 7) is 5.68. The van der Waals surface area contributed by atoms with Gasteiger partial charge in [-0.05, 0) is 25.8 Å². The molecular weight excluding hydrogens is 295 g/mol. The minimum atomic E-state index is -0.482. The van der Waals surface area contributed by atoms with Gasteiger partial charge in [-0.25, -0.2) is 4.39 Å². The molecule has 0 amide bonds. The molecule has 2 aliphatic rings. The first kappa shape index (κ1) is 15.8. The molecule has 120 valence electrons. The molecule has 23 heavy (non-hydrogen) atoms. The van der Waals surface area contributed by atoms with E-state index in [1.807, 2.05) is 13.0 Å². The van der Waals surface area contributed by atoms with Gasteiger partial charge in [0.25, 0.3) is 0 Å². The third kappa shape index (κ3) is 4.01. The van der Waals surface area contributed by atoms with Crippen molar-refractivity contribution in [1.82, 2.24) is 4.90 Å². The standard InChI is InChI=1S/C18H19FN2O2/c1-18(4-5-18)23-17-12-14(16(19)11-15(17)13-20)3-2-6-21-7-9-22-10-8-21/h11-12H,4-10H2,1H3. The van der Waals surface area contributed by atoms with E-state index in [4.69, 9.17) is 14.7 Å². The summed E-state index contributed by atoms with van der Waals surface area (Å²) in [5.41, 5.74) is 0.271. The summed E-state index contributed by atoms with van der Waals surface area (Å²) >= 11 is 0. The van der Waals surface area contributed by atoms with E-state index in [2.05, 4.69) is 16.7 Å². The van der Waals surface area contributed by atoms with Crippen LogP contribution in [-0.4, -0.2) is 43.3 Å². The van der Waals surface area contributed by atoms with Crippen LogP contribution in [0.4, 0.5) is 4.39 Å². The first-order valence-electron chi connectivity index (χ1n) is 7.81. The largest absolute Gasteiger partial charge is 0.486 e. The number of halogens is 1. The molecule has 1 heterocycles. The summed E-state index contributed by atoms with van der Waals surface area (Å²) < 4.78 is 25.2. The normalized spacial score (nSPS) is 19.3. The van der Waals surface area contributed by atoms with Gasteiger partial charge in [-0.15, -0.1) is 0 Å². The van der Waals surface area contributed by atoms with E-state index >= 15 is 0 Å². The molecule has 0 atom stereocenters. The van der Waals surface area contributed by atoms with Crippen molar-refractivity contribution < 1.29 is 13.9 Å². The van der Waals surface area contributed by atoms with Crippen molar-refractivity contribution in [2.24, 2.45) is 0 Å². The van der Waals surface area contributed by atoms with E-state index in [1.165, 1.54) is 6.07 Å². The predicted molar refractivity (Wildman–Crippen MR) is 83.5 cm³/mol. The van der Waals surface area contributed by atoms with E-state index in [0.717, 1.165) is 25.9 Å². The Balaban J connectivity index is 1.76. The highest BCUT2D eigenvalue weighted by Crippen LogP contribution is 2.40. The third-order valence-corrected chi connectivity index (χ3v) is 4.13. The van der Waals surface area contributed by atoms with Crippen molar-refractivity contribution in [2.45, 2.75) is 25.4 Å². The molecule has 1 aromatic carbocycles. The molecule has 2 fully saturated rings. The third-order valence-electron chi connectivity index (χ3n) is 4.13. The number of hydrogen-bond acceptors (Lipinski definition) is 4. The van der Waals surface area contributed by atoms with Crippen LogP contribution in [0.25, 0.3) is 0 Å². The van der Waals surface area contributed by atoms with Crippen molar-refractivity contribution >= 4 is 0 Å². The monoisotopic (exact) mass is 314 g/mol. The SMILES string of the molecule is CC1(Oc2cc(C#CCN3CCOCC3)c(F)cc2C#N)CC1. The first-order chi connectivity index (χ1) is 11.1. The van der Waals surface area contributed by atoms with Crippen LogP contribution in [0.5, 0.6) is 5.75 Å². The summed E-state index contributed by atoms with van der Waals surface area (Å²) in [7, 11) is 0. The summed E-state index contributed by atoms with van der Waals surface area (Å²) in [5.74, 6) is 5.80. The molecule has 0 N–H and O–H groups in total. The molecule has 1 aliphatic carbocycles. The fourth-order valence-electron chi connectivity index (χ4n) is 2.37. The fraction of sp³-hybridized carbons (Fsp3) is 0.500. The molecule has 1 saturated heterocycles. The zero-order valence-corrected chi connectivity index (χ0v) is 13.2. The second-order valence-electron chi connectivity index (χ2n) is 6.18. The Bertz CT molecular complexity index is 689. The fourth-order valence-corrected chi connectivity index (χ4v) is 2.37. The maximum atomic E-state index is 14.1. The Labute approximate surface area is 135 Å². The number of benzene rings is 1. The van der Waals surface area contributed by atoms with Gasteiger partial charge in [0, 0.05) is 19.2 Å². The highest BCUT2D eigenvalue weighted by Gasteiger charge is 2.40. The zero-order chi connectivity index (χ0) is 16.3. The molecule has 1 aliphatic heterocycles. The molecule has 0 unspecified atom stereocenters. The van der Waals surface area contributed by atoms with Crippen molar-refractivity contribution in [3.05, 3.63) is 29.1 Å². The lowest BCUT2D eigenvalue weighted by Gasteiger charge is -2.24. The van der Waals surface area contributed by atoms with E-state index in [0.29, 0.717) is 25.5 Å². The van der Waals surface area contributed by atoms with Crippen LogP contribution in [-0.2, 0) is 4.74 Å². The summed E-state index contributed by atoms with van der Waals surface area (Å²) in [6.07, 6.45) is 1.90. The van der Waals surface area contributed by atoms with Crippen molar-refractivity contribution in [3.8, 4) is 23.7 Å². The van der Waals surface area contributed by atoms with Gasteiger partial charge in [0.2, 0.25) is 0 Å². The van der Waals surface area contributed by atoms with Crippen LogP contribution in [0.2, 0.25) is 0 Å². The van der Waals surface area contributed by atoms with Gasteiger partial charge in [-0.1, -0.05) is 11.8 Å². The summed E-state index contributed by atoms with van der Waals surface area (Å²) in [6, 6.07) is 4.74. The van der Waals surface area contributed by atoms with Gasteiger partial charge >= 0.3 is 0 Å². The van der Waals surface area contributed by atoms with Crippen LogP contribution in [0.3, 0.4) is 0 Å². The molecule has 4 nitrogen and oxygen atoms in total. The van der Waals surface area contributed by atoms with Crippen LogP contribution in [0.1, 0.15) is 30.9 Å². The molecule has 0 bridgehead atoms. The Morgan fingerprint density at radius 1 is 1.30 bits per heavy atom. The first-order valence-corrected chi connectivity index (χ1v) is 7.81. The number of morpholine rings is 1. The van der Waals surface area contributed by atoms with Crippen LogP contribution >= 0.6 is 0 Å². The van der Waals surface area contributed by atoms with Crippen LogP contribution in [0, 0.1) is 29.0 Å². The Morgan fingerprint density at radius 2 is 2.04 bits per heavy atom. The van der Waals surface area contributed by atoms with E-state index in [1.54, 1.807) is 6.07 Å². The van der Waals surface area contributed by atoms with E-state index in [9.17, 15) is 4.39 Å². The number of hydrogen-bond donors (Lipinski definition) is 0. The molecule has 3 rings (SSSR count). The number of ether oxygens (including phenoxy) is 2. The minimum Gasteiger partial charge on any atom is -0.486 e. The average Bonchev–Trinajstić information content (AvgIpc) is 3.28.